The predicted molar refractivity (Wildman–Crippen MR) is 56.4 cm³/mol. The number of benzene rings is 1. The second kappa shape index (κ2) is 4.11. The highest BCUT2D eigenvalue weighted by atomic mass is 16.6. The minimum Gasteiger partial charge on any atom is -0.423 e. The molecule has 8 nitrogen and oxygen atoms in total. The summed E-state index contributed by atoms with van der Waals surface area (Å²) in [6.45, 7) is -0.484. The second-order valence-electron chi connectivity index (χ2n) is 3.56. The molecule has 0 aromatic heterocycles. The van der Waals surface area contributed by atoms with Gasteiger partial charge < -0.3 is 9.68 Å². The highest BCUT2D eigenvalue weighted by molar-refractivity contribution is 6.61. The van der Waals surface area contributed by atoms with Gasteiger partial charge >= 0.3 is 7.12 Å². The molecule has 88 valence electrons. The Morgan fingerprint density at radius 1 is 1.41 bits per heavy atom. The number of rotatable bonds is 3. The van der Waals surface area contributed by atoms with Crippen molar-refractivity contribution in [3.8, 4) is 0 Å². The summed E-state index contributed by atoms with van der Waals surface area (Å²) in [7, 11) is -1.35. The van der Waals surface area contributed by atoms with Gasteiger partial charge in [0.15, 0.2) is 0 Å². The van der Waals surface area contributed by atoms with E-state index in [1.54, 1.807) is 0 Å². The largest absolute Gasteiger partial charge is 0.492 e. The van der Waals surface area contributed by atoms with E-state index in [1.807, 2.05) is 0 Å². The summed E-state index contributed by atoms with van der Waals surface area (Å²) in [4.78, 5) is 19.8. The molecule has 0 saturated heterocycles. The first-order valence-corrected chi connectivity index (χ1v) is 4.72. The third-order valence-corrected chi connectivity index (χ3v) is 2.50. The molecule has 0 amide bonds. The van der Waals surface area contributed by atoms with Gasteiger partial charge in [-0.1, -0.05) is 0 Å². The van der Waals surface area contributed by atoms with Gasteiger partial charge in [0.2, 0.25) is 6.54 Å². The van der Waals surface area contributed by atoms with Crippen molar-refractivity contribution in [3.05, 3.63) is 44.0 Å². The molecule has 0 spiro atoms. The van der Waals surface area contributed by atoms with Crippen LogP contribution in [-0.2, 0) is 4.65 Å². The standard InChI is InChI=1S/C8H7BN2O6/c12-9-7-3-5(11(15)16)1-2-6(7)8(17-9)4-10(13)14/h1-3,8,12H,4H2. The molecule has 1 aromatic carbocycles. The lowest BCUT2D eigenvalue weighted by atomic mass is 9.79. The highest BCUT2D eigenvalue weighted by Gasteiger charge is 2.38. The van der Waals surface area contributed by atoms with Crippen molar-refractivity contribution in [1.82, 2.24) is 0 Å². The molecule has 1 aromatic rings. The molecular weight excluding hydrogens is 231 g/mol. The van der Waals surface area contributed by atoms with Crippen molar-refractivity contribution in [2.24, 2.45) is 0 Å². The van der Waals surface area contributed by atoms with Crippen LogP contribution in [0.1, 0.15) is 11.7 Å². The molecule has 9 heteroatoms. The summed E-state index contributed by atoms with van der Waals surface area (Å²) in [5.41, 5.74) is 0.444. The summed E-state index contributed by atoms with van der Waals surface area (Å²) < 4.78 is 4.97. The molecule has 0 fully saturated rings. The van der Waals surface area contributed by atoms with Gasteiger partial charge in [0.1, 0.15) is 6.10 Å². The molecule has 1 aliphatic rings. The molecule has 0 aliphatic carbocycles. The van der Waals surface area contributed by atoms with Crippen LogP contribution >= 0.6 is 0 Å². The Balaban J connectivity index is 2.36. The first-order chi connectivity index (χ1) is 7.99. The molecule has 1 aliphatic heterocycles. The number of non-ortho nitro benzene ring substituents is 1. The van der Waals surface area contributed by atoms with Crippen molar-refractivity contribution < 1.29 is 19.5 Å². The topological polar surface area (TPSA) is 116 Å². The molecule has 1 N–H and O–H groups in total. The fourth-order valence-electron chi connectivity index (χ4n) is 1.76. The molecule has 1 heterocycles. The normalized spacial score (nSPS) is 17.9. The molecule has 0 bridgehead atoms. The highest BCUT2D eigenvalue weighted by Crippen LogP contribution is 2.25. The first kappa shape index (κ1) is 11.5. The Hall–Kier alpha value is -2.00. The molecular formula is C8H7BN2O6. The van der Waals surface area contributed by atoms with E-state index in [9.17, 15) is 25.3 Å². The van der Waals surface area contributed by atoms with E-state index in [-0.39, 0.29) is 11.2 Å². The Bertz CT molecular complexity index is 493. The minimum absolute atomic E-state index is 0.187. The van der Waals surface area contributed by atoms with E-state index in [0.717, 1.165) is 0 Å². The van der Waals surface area contributed by atoms with Gasteiger partial charge in [-0.05, 0) is 17.1 Å². The van der Waals surface area contributed by atoms with Crippen LogP contribution in [0.4, 0.5) is 5.69 Å². The van der Waals surface area contributed by atoms with Gasteiger partial charge in [0.05, 0.1) is 4.92 Å². The number of hydrogen-bond donors (Lipinski definition) is 1. The average Bonchev–Trinajstić information content (AvgIpc) is 2.54. The van der Waals surface area contributed by atoms with Crippen molar-refractivity contribution in [1.29, 1.82) is 0 Å². The number of nitro groups is 2. The van der Waals surface area contributed by atoms with E-state index in [1.165, 1.54) is 18.2 Å². The summed E-state index contributed by atoms with van der Waals surface area (Å²) in [6, 6.07) is 3.77. The quantitative estimate of drug-likeness (QED) is 0.436. The molecule has 17 heavy (non-hydrogen) atoms. The molecule has 2 rings (SSSR count). The maximum atomic E-state index is 10.5. The van der Waals surface area contributed by atoms with Crippen molar-refractivity contribution in [2.45, 2.75) is 6.10 Å². The van der Waals surface area contributed by atoms with E-state index >= 15 is 0 Å². The average molecular weight is 238 g/mol. The van der Waals surface area contributed by atoms with E-state index in [4.69, 9.17) is 4.65 Å². The maximum Gasteiger partial charge on any atom is 0.492 e. The van der Waals surface area contributed by atoms with Crippen LogP contribution in [0.3, 0.4) is 0 Å². The summed E-state index contributed by atoms with van der Waals surface area (Å²) in [5.74, 6) is 0. The van der Waals surface area contributed by atoms with E-state index in [2.05, 4.69) is 0 Å². The van der Waals surface area contributed by atoms with Gasteiger partial charge in [0, 0.05) is 17.1 Å². The SMILES string of the molecule is O=[N+]([O-])CC1OB(O)c2cc([N+](=O)[O-])ccc21. The molecule has 1 unspecified atom stereocenters. The van der Waals surface area contributed by atoms with Crippen molar-refractivity contribution in [2.75, 3.05) is 6.54 Å². The third kappa shape index (κ3) is 2.10. The van der Waals surface area contributed by atoms with Crippen molar-refractivity contribution >= 4 is 18.3 Å². The lowest BCUT2D eigenvalue weighted by Crippen LogP contribution is -2.28. The van der Waals surface area contributed by atoms with Gasteiger partial charge in [-0.15, -0.1) is 0 Å². The lowest BCUT2D eigenvalue weighted by molar-refractivity contribution is -0.490. The van der Waals surface area contributed by atoms with Crippen LogP contribution in [0, 0.1) is 20.2 Å². The molecule has 0 saturated carbocycles. The fraction of sp³-hybridized carbons (Fsp3) is 0.250. The smallest absolute Gasteiger partial charge is 0.423 e. The van der Waals surface area contributed by atoms with Crippen LogP contribution < -0.4 is 5.46 Å². The number of fused-ring (bicyclic) bond motifs is 1. The second-order valence-corrected chi connectivity index (χ2v) is 3.56. The van der Waals surface area contributed by atoms with Crippen LogP contribution in [-0.4, -0.2) is 28.5 Å². The third-order valence-electron chi connectivity index (χ3n) is 2.50. The van der Waals surface area contributed by atoms with Gasteiger partial charge in [-0.3, -0.25) is 20.2 Å². The van der Waals surface area contributed by atoms with Crippen LogP contribution in [0.25, 0.3) is 0 Å². The Kier molecular flexibility index (Phi) is 2.78. The number of nitrogens with zero attached hydrogens (tertiary/aromatic N) is 2. The predicted octanol–water partition coefficient (Wildman–Crippen LogP) is -0.370. The summed E-state index contributed by atoms with van der Waals surface area (Å²) in [6.07, 6.45) is -0.865. The maximum absolute atomic E-state index is 10.5. The first-order valence-electron chi connectivity index (χ1n) is 4.72. The lowest BCUT2D eigenvalue weighted by Gasteiger charge is -2.05. The Morgan fingerprint density at radius 2 is 2.12 bits per heavy atom. The zero-order valence-corrected chi connectivity index (χ0v) is 8.48. The molecule has 0 radical (unpaired) electrons. The van der Waals surface area contributed by atoms with Crippen LogP contribution in [0.2, 0.25) is 0 Å². The monoisotopic (exact) mass is 238 g/mol. The van der Waals surface area contributed by atoms with E-state index in [0.29, 0.717) is 5.56 Å². The zero-order chi connectivity index (χ0) is 12.6. The Morgan fingerprint density at radius 3 is 2.71 bits per heavy atom. The minimum atomic E-state index is -1.35. The van der Waals surface area contributed by atoms with Gasteiger partial charge in [-0.25, -0.2) is 0 Å². The number of hydrogen-bond acceptors (Lipinski definition) is 6. The van der Waals surface area contributed by atoms with Gasteiger partial charge in [0.25, 0.3) is 5.69 Å². The summed E-state index contributed by atoms with van der Waals surface area (Å²) >= 11 is 0. The van der Waals surface area contributed by atoms with Crippen LogP contribution in [0.15, 0.2) is 18.2 Å². The fourth-order valence-corrected chi connectivity index (χ4v) is 1.76. The Labute approximate surface area is 95.3 Å². The van der Waals surface area contributed by atoms with E-state index < -0.39 is 29.6 Å². The van der Waals surface area contributed by atoms with Gasteiger partial charge in [-0.2, -0.15) is 0 Å². The van der Waals surface area contributed by atoms with Crippen LogP contribution in [0.5, 0.6) is 0 Å². The summed E-state index contributed by atoms with van der Waals surface area (Å²) in [5, 5.41) is 30.4. The molecule has 1 atom stereocenters. The van der Waals surface area contributed by atoms with Crippen molar-refractivity contribution in [3.63, 3.8) is 0 Å². The number of nitro benzene ring substituents is 1. The zero-order valence-electron chi connectivity index (χ0n) is 8.48.